The molecule has 2 aromatic heterocycles. The Bertz CT molecular complexity index is 627. The Labute approximate surface area is 137 Å². The zero-order valence-corrected chi connectivity index (χ0v) is 14.5. The van der Waals surface area contributed by atoms with Crippen molar-refractivity contribution in [2.24, 2.45) is 0 Å². The number of hydrogen-bond acceptors (Lipinski definition) is 4. The fourth-order valence-corrected chi connectivity index (χ4v) is 3.28. The number of aromatic nitrogens is 1. The van der Waals surface area contributed by atoms with Crippen molar-refractivity contribution < 1.29 is 4.79 Å². The molecule has 21 heavy (non-hydrogen) atoms. The number of anilines is 1. The van der Waals surface area contributed by atoms with Crippen LogP contribution in [-0.4, -0.2) is 17.4 Å². The third kappa shape index (κ3) is 4.54. The molecule has 4 nitrogen and oxygen atoms in total. The summed E-state index contributed by atoms with van der Waals surface area (Å²) >= 11 is 5.03. The van der Waals surface area contributed by atoms with E-state index in [9.17, 15) is 4.79 Å². The van der Waals surface area contributed by atoms with Crippen LogP contribution < -0.4 is 10.6 Å². The molecule has 0 aliphatic heterocycles. The molecule has 0 unspecified atom stereocenters. The van der Waals surface area contributed by atoms with Crippen molar-refractivity contribution in [1.29, 1.82) is 0 Å². The van der Waals surface area contributed by atoms with Gasteiger partial charge in [0, 0.05) is 23.3 Å². The molecule has 0 aliphatic rings. The van der Waals surface area contributed by atoms with E-state index >= 15 is 0 Å². The molecule has 0 aliphatic carbocycles. The molecule has 0 fully saturated rings. The minimum absolute atomic E-state index is 0.106. The van der Waals surface area contributed by atoms with Crippen LogP contribution in [0.2, 0.25) is 0 Å². The molecule has 2 heterocycles. The average Bonchev–Trinajstić information content (AvgIpc) is 2.88. The first-order valence-corrected chi connectivity index (χ1v) is 8.44. The molecule has 2 N–H and O–H groups in total. The summed E-state index contributed by atoms with van der Waals surface area (Å²) < 4.78 is 1.06. The largest absolute Gasteiger partial charge is 0.384 e. The number of aryl methyl sites for hydroxylation is 1. The van der Waals surface area contributed by atoms with E-state index in [0.29, 0.717) is 12.1 Å². The monoisotopic (exact) mass is 367 g/mol. The van der Waals surface area contributed by atoms with Crippen LogP contribution in [0.1, 0.15) is 34.3 Å². The maximum absolute atomic E-state index is 12.3. The zero-order chi connectivity index (χ0) is 15.2. The lowest BCUT2D eigenvalue weighted by Gasteiger charge is -2.12. The summed E-state index contributed by atoms with van der Waals surface area (Å²) in [5, 5.41) is 6.22. The molecular formula is C15H18BrN3OS. The van der Waals surface area contributed by atoms with Crippen molar-refractivity contribution >= 4 is 38.9 Å². The fraction of sp³-hybridized carbons (Fsp3) is 0.333. The fourth-order valence-electron chi connectivity index (χ4n) is 1.86. The molecule has 0 radical (unpaired) electrons. The van der Waals surface area contributed by atoms with Gasteiger partial charge in [0.1, 0.15) is 0 Å². The summed E-state index contributed by atoms with van der Waals surface area (Å²) in [5.74, 6) is -0.106. The Hall–Kier alpha value is -1.40. The van der Waals surface area contributed by atoms with E-state index in [4.69, 9.17) is 0 Å². The first-order chi connectivity index (χ1) is 10.1. The zero-order valence-electron chi connectivity index (χ0n) is 12.1. The lowest BCUT2D eigenvalue weighted by Crippen LogP contribution is -2.24. The summed E-state index contributed by atoms with van der Waals surface area (Å²) in [4.78, 5) is 17.7. The first kappa shape index (κ1) is 16.0. The predicted molar refractivity (Wildman–Crippen MR) is 90.9 cm³/mol. The molecular weight excluding hydrogens is 350 g/mol. The summed E-state index contributed by atoms with van der Waals surface area (Å²) in [7, 11) is 0. The molecule has 2 rings (SSSR count). The quantitative estimate of drug-likeness (QED) is 0.811. The standard InChI is InChI=1S/C15H18BrN3OS/c1-3-6-17-13-7-10(2)18-9-12(13)15(20)19-8-11-4-5-14(16)21-11/h4-5,7,9H,3,6,8H2,1-2H3,(H,17,18)(H,19,20). The van der Waals surface area contributed by atoms with E-state index < -0.39 is 0 Å². The van der Waals surface area contributed by atoms with Gasteiger partial charge >= 0.3 is 0 Å². The number of amides is 1. The molecule has 6 heteroatoms. The topological polar surface area (TPSA) is 54.0 Å². The summed E-state index contributed by atoms with van der Waals surface area (Å²) in [6.45, 7) is 5.37. The van der Waals surface area contributed by atoms with Crippen molar-refractivity contribution in [1.82, 2.24) is 10.3 Å². The minimum atomic E-state index is -0.106. The minimum Gasteiger partial charge on any atom is -0.384 e. The molecule has 0 atom stereocenters. The third-order valence-corrected chi connectivity index (χ3v) is 4.53. The van der Waals surface area contributed by atoms with Gasteiger partial charge in [-0.05, 0) is 47.5 Å². The van der Waals surface area contributed by atoms with Crippen LogP contribution in [0.4, 0.5) is 5.69 Å². The molecule has 112 valence electrons. The van der Waals surface area contributed by atoms with Gasteiger partial charge in [0.05, 0.1) is 21.6 Å². The molecule has 0 saturated heterocycles. The second-order valence-electron chi connectivity index (χ2n) is 4.69. The van der Waals surface area contributed by atoms with Crippen LogP contribution in [-0.2, 0) is 6.54 Å². The van der Waals surface area contributed by atoms with Crippen LogP contribution in [0.15, 0.2) is 28.2 Å². The smallest absolute Gasteiger partial charge is 0.255 e. The lowest BCUT2D eigenvalue weighted by molar-refractivity contribution is 0.0951. The lowest BCUT2D eigenvalue weighted by atomic mass is 10.2. The molecule has 0 aromatic carbocycles. The Kier molecular flexibility index (Phi) is 5.76. The molecule has 1 amide bonds. The SMILES string of the molecule is CCCNc1cc(C)ncc1C(=O)NCc1ccc(Br)s1. The van der Waals surface area contributed by atoms with Gasteiger partial charge in [0.25, 0.3) is 5.91 Å². The van der Waals surface area contributed by atoms with Crippen LogP contribution in [0.5, 0.6) is 0 Å². The Balaban J connectivity index is 2.07. The number of pyridine rings is 1. The molecule has 0 spiro atoms. The molecule has 0 bridgehead atoms. The highest BCUT2D eigenvalue weighted by atomic mass is 79.9. The van der Waals surface area contributed by atoms with Gasteiger partial charge in [-0.3, -0.25) is 9.78 Å². The number of carbonyl (C=O) groups excluding carboxylic acids is 1. The summed E-state index contributed by atoms with van der Waals surface area (Å²) in [6.07, 6.45) is 2.64. The van der Waals surface area contributed by atoms with Gasteiger partial charge in [-0.1, -0.05) is 6.92 Å². The van der Waals surface area contributed by atoms with Gasteiger partial charge < -0.3 is 10.6 Å². The predicted octanol–water partition coefficient (Wildman–Crippen LogP) is 3.97. The van der Waals surface area contributed by atoms with Crippen molar-refractivity contribution in [3.05, 3.63) is 44.3 Å². The third-order valence-electron chi connectivity index (χ3n) is 2.90. The van der Waals surface area contributed by atoms with E-state index in [-0.39, 0.29) is 5.91 Å². The maximum Gasteiger partial charge on any atom is 0.255 e. The van der Waals surface area contributed by atoms with Gasteiger partial charge in [0.15, 0.2) is 0 Å². The van der Waals surface area contributed by atoms with E-state index in [2.05, 4.69) is 38.5 Å². The number of nitrogens with one attached hydrogen (secondary N) is 2. The second kappa shape index (κ2) is 7.56. The molecule has 0 saturated carbocycles. The second-order valence-corrected chi connectivity index (χ2v) is 7.23. The van der Waals surface area contributed by atoms with Crippen molar-refractivity contribution in [2.75, 3.05) is 11.9 Å². The first-order valence-electron chi connectivity index (χ1n) is 6.83. The van der Waals surface area contributed by atoms with Crippen LogP contribution in [0.3, 0.4) is 0 Å². The number of halogens is 1. The van der Waals surface area contributed by atoms with Gasteiger partial charge in [-0.15, -0.1) is 11.3 Å². The average molecular weight is 368 g/mol. The van der Waals surface area contributed by atoms with Gasteiger partial charge in [0.2, 0.25) is 0 Å². The number of thiophene rings is 1. The van der Waals surface area contributed by atoms with E-state index in [1.54, 1.807) is 17.5 Å². The highest BCUT2D eigenvalue weighted by molar-refractivity contribution is 9.11. The molecule has 2 aromatic rings. The summed E-state index contributed by atoms with van der Waals surface area (Å²) in [6, 6.07) is 5.89. The van der Waals surface area contributed by atoms with Crippen molar-refractivity contribution in [3.8, 4) is 0 Å². The highest BCUT2D eigenvalue weighted by Crippen LogP contribution is 2.22. The maximum atomic E-state index is 12.3. The van der Waals surface area contributed by atoms with Crippen LogP contribution in [0, 0.1) is 6.92 Å². The van der Waals surface area contributed by atoms with Crippen molar-refractivity contribution in [3.63, 3.8) is 0 Å². The highest BCUT2D eigenvalue weighted by Gasteiger charge is 2.12. The van der Waals surface area contributed by atoms with E-state index in [1.807, 2.05) is 25.1 Å². The van der Waals surface area contributed by atoms with Crippen molar-refractivity contribution in [2.45, 2.75) is 26.8 Å². The number of carbonyl (C=O) groups is 1. The Morgan fingerprint density at radius 3 is 2.90 bits per heavy atom. The Morgan fingerprint density at radius 1 is 1.43 bits per heavy atom. The van der Waals surface area contributed by atoms with Gasteiger partial charge in [-0.25, -0.2) is 0 Å². The number of nitrogens with zero attached hydrogens (tertiary/aromatic N) is 1. The van der Waals surface area contributed by atoms with Crippen LogP contribution in [0.25, 0.3) is 0 Å². The van der Waals surface area contributed by atoms with Crippen LogP contribution >= 0.6 is 27.3 Å². The summed E-state index contributed by atoms with van der Waals surface area (Å²) in [5.41, 5.74) is 2.33. The number of rotatable bonds is 6. The van der Waals surface area contributed by atoms with E-state index in [1.165, 1.54) is 0 Å². The van der Waals surface area contributed by atoms with Gasteiger partial charge in [-0.2, -0.15) is 0 Å². The Morgan fingerprint density at radius 2 is 2.24 bits per heavy atom. The van der Waals surface area contributed by atoms with E-state index in [0.717, 1.165) is 33.0 Å². The number of hydrogen-bond donors (Lipinski definition) is 2. The normalized spacial score (nSPS) is 10.4.